The zero-order chi connectivity index (χ0) is 11.8. The predicted octanol–water partition coefficient (Wildman–Crippen LogP) is 1.42. The summed E-state index contributed by atoms with van der Waals surface area (Å²) in [6, 6.07) is 2.17. The highest BCUT2D eigenvalue weighted by Gasteiger charge is 2.10. The summed E-state index contributed by atoms with van der Waals surface area (Å²) >= 11 is 0. The van der Waals surface area contributed by atoms with Crippen molar-refractivity contribution < 1.29 is 9.30 Å². The number of aryl methyl sites for hydroxylation is 1. The Kier molecular flexibility index (Phi) is 5.58. The van der Waals surface area contributed by atoms with E-state index in [2.05, 4.69) is 34.5 Å². The van der Waals surface area contributed by atoms with E-state index in [-0.39, 0.29) is 0 Å². The SMILES string of the molecule is CCOCCn1cc[n+](CCCC#N)c1C. The average Bonchev–Trinajstić information content (AvgIpc) is 2.62. The monoisotopic (exact) mass is 222 g/mol. The maximum atomic E-state index is 8.48. The van der Waals surface area contributed by atoms with Gasteiger partial charge in [-0.1, -0.05) is 0 Å². The fourth-order valence-electron chi connectivity index (χ4n) is 1.65. The van der Waals surface area contributed by atoms with Crippen LogP contribution in [0, 0.1) is 18.3 Å². The van der Waals surface area contributed by atoms with Gasteiger partial charge in [-0.3, -0.25) is 0 Å². The van der Waals surface area contributed by atoms with Crippen LogP contribution in [-0.4, -0.2) is 17.8 Å². The van der Waals surface area contributed by atoms with Crippen LogP contribution in [0.2, 0.25) is 0 Å². The normalized spacial score (nSPS) is 10.3. The Balaban J connectivity index is 2.45. The van der Waals surface area contributed by atoms with Crippen molar-refractivity contribution in [1.82, 2.24) is 4.57 Å². The second-order valence-corrected chi connectivity index (χ2v) is 3.69. The molecule has 88 valence electrons. The fraction of sp³-hybridized carbons (Fsp3) is 0.667. The number of aromatic nitrogens is 2. The topological polar surface area (TPSA) is 41.8 Å². The van der Waals surface area contributed by atoms with E-state index in [0.29, 0.717) is 6.42 Å². The van der Waals surface area contributed by atoms with E-state index in [9.17, 15) is 0 Å². The van der Waals surface area contributed by atoms with Gasteiger partial charge in [0.25, 0.3) is 5.82 Å². The summed E-state index contributed by atoms with van der Waals surface area (Å²) in [5.74, 6) is 1.22. The average molecular weight is 222 g/mol. The molecule has 0 aromatic carbocycles. The van der Waals surface area contributed by atoms with Gasteiger partial charge in [0.15, 0.2) is 0 Å². The van der Waals surface area contributed by atoms with Gasteiger partial charge in [0.2, 0.25) is 0 Å². The number of imidazole rings is 1. The van der Waals surface area contributed by atoms with Crippen LogP contribution in [0.5, 0.6) is 0 Å². The lowest BCUT2D eigenvalue weighted by Gasteiger charge is -2.01. The zero-order valence-electron chi connectivity index (χ0n) is 10.1. The third-order valence-electron chi connectivity index (χ3n) is 2.63. The van der Waals surface area contributed by atoms with Crippen LogP contribution in [-0.2, 0) is 17.8 Å². The lowest BCUT2D eigenvalue weighted by Crippen LogP contribution is -2.35. The highest BCUT2D eigenvalue weighted by atomic mass is 16.5. The summed E-state index contributed by atoms with van der Waals surface area (Å²) in [5.41, 5.74) is 0. The lowest BCUT2D eigenvalue weighted by atomic mass is 10.3. The first kappa shape index (κ1) is 12.7. The second-order valence-electron chi connectivity index (χ2n) is 3.69. The van der Waals surface area contributed by atoms with E-state index < -0.39 is 0 Å². The number of nitriles is 1. The molecule has 0 bridgehead atoms. The third-order valence-corrected chi connectivity index (χ3v) is 2.63. The lowest BCUT2D eigenvalue weighted by molar-refractivity contribution is -0.702. The molecular weight excluding hydrogens is 202 g/mol. The summed E-state index contributed by atoms with van der Waals surface area (Å²) in [7, 11) is 0. The molecule has 0 N–H and O–H groups in total. The number of hydrogen-bond acceptors (Lipinski definition) is 2. The van der Waals surface area contributed by atoms with Crippen LogP contribution in [0.3, 0.4) is 0 Å². The van der Waals surface area contributed by atoms with Gasteiger partial charge in [0.1, 0.15) is 18.9 Å². The second kappa shape index (κ2) is 7.02. The van der Waals surface area contributed by atoms with E-state index in [1.54, 1.807) is 0 Å². The standard InChI is InChI=1S/C12H20N3O/c1-3-16-11-10-15-9-8-14(12(15)2)7-5-4-6-13/h8-9H,3-5,7,10-11H2,1-2H3/q+1. The first-order valence-electron chi connectivity index (χ1n) is 5.79. The molecule has 4 heteroatoms. The molecule has 0 aliphatic rings. The molecule has 1 aromatic rings. The summed E-state index contributed by atoms with van der Waals surface area (Å²) in [6.07, 6.45) is 5.67. The molecule has 1 heterocycles. The Labute approximate surface area is 97.1 Å². The van der Waals surface area contributed by atoms with Gasteiger partial charge in [0.05, 0.1) is 19.2 Å². The largest absolute Gasteiger partial charge is 0.378 e. The van der Waals surface area contributed by atoms with E-state index >= 15 is 0 Å². The fourth-order valence-corrected chi connectivity index (χ4v) is 1.65. The van der Waals surface area contributed by atoms with Gasteiger partial charge in [-0.25, -0.2) is 9.13 Å². The summed E-state index contributed by atoms with van der Waals surface area (Å²) in [5, 5.41) is 8.48. The van der Waals surface area contributed by atoms with Gasteiger partial charge in [-0.15, -0.1) is 0 Å². The summed E-state index contributed by atoms with van der Waals surface area (Å²) in [4.78, 5) is 0. The molecule has 0 unspecified atom stereocenters. The quantitative estimate of drug-likeness (QED) is 0.517. The van der Waals surface area contributed by atoms with E-state index in [1.807, 2.05) is 6.92 Å². The highest BCUT2D eigenvalue weighted by molar-refractivity contribution is 4.79. The number of ether oxygens (including phenoxy) is 1. The molecule has 0 atom stereocenters. The first-order chi connectivity index (χ1) is 7.79. The van der Waals surface area contributed by atoms with Crippen LogP contribution >= 0.6 is 0 Å². The maximum absolute atomic E-state index is 8.48. The van der Waals surface area contributed by atoms with Crippen molar-refractivity contribution in [3.05, 3.63) is 18.2 Å². The molecule has 0 aliphatic heterocycles. The smallest absolute Gasteiger partial charge is 0.253 e. The minimum absolute atomic E-state index is 0.622. The van der Waals surface area contributed by atoms with Gasteiger partial charge in [0, 0.05) is 20.0 Å². The minimum atomic E-state index is 0.622. The first-order valence-corrected chi connectivity index (χ1v) is 5.79. The molecule has 4 nitrogen and oxygen atoms in total. The van der Waals surface area contributed by atoms with E-state index in [0.717, 1.165) is 32.7 Å². The molecule has 0 aliphatic carbocycles. The number of rotatable bonds is 7. The number of nitrogens with zero attached hydrogens (tertiary/aromatic N) is 3. The Hall–Kier alpha value is -1.34. The Morgan fingerprint density at radius 2 is 2.38 bits per heavy atom. The van der Waals surface area contributed by atoms with Crippen LogP contribution < -0.4 is 4.57 Å². The Bertz CT molecular complexity index is 352. The van der Waals surface area contributed by atoms with Gasteiger partial charge in [-0.2, -0.15) is 5.26 Å². The Morgan fingerprint density at radius 3 is 3.06 bits per heavy atom. The molecule has 0 radical (unpaired) electrons. The van der Waals surface area contributed by atoms with Crippen LogP contribution in [0.1, 0.15) is 25.6 Å². The van der Waals surface area contributed by atoms with Crippen molar-refractivity contribution in [3.63, 3.8) is 0 Å². The molecule has 1 aromatic heterocycles. The van der Waals surface area contributed by atoms with Crippen molar-refractivity contribution >= 4 is 0 Å². The van der Waals surface area contributed by atoms with Crippen LogP contribution in [0.4, 0.5) is 0 Å². The van der Waals surface area contributed by atoms with Gasteiger partial charge in [-0.05, 0) is 13.3 Å². The highest BCUT2D eigenvalue weighted by Crippen LogP contribution is 1.96. The third kappa shape index (κ3) is 3.67. The molecule has 1 rings (SSSR count). The van der Waals surface area contributed by atoms with E-state index in [4.69, 9.17) is 10.00 Å². The van der Waals surface area contributed by atoms with Crippen molar-refractivity contribution in [2.24, 2.45) is 0 Å². The molecule has 0 saturated heterocycles. The minimum Gasteiger partial charge on any atom is -0.378 e. The summed E-state index contributed by atoms with van der Waals surface area (Å²) in [6.45, 7) is 7.43. The zero-order valence-corrected chi connectivity index (χ0v) is 10.1. The van der Waals surface area contributed by atoms with Gasteiger partial charge < -0.3 is 4.74 Å². The van der Waals surface area contributed by atoms with Gasteiger partial charge >= 0.3 is 0 Å². The van der Waals surface area contributed by atoms with Crippen molar-refractivity contribution in [2.45, 2.75) is 39.8 Å². The van der Waals surface area contributed by atoms with Crippen molar-refractivity contribution in [3.8, 4) is 6.07 Å². The predicted molar refractivity (Wildman–Crippen MR) is 60.7 cm³/mol. The molecular formula is C12H20N3O+. The molecule has 0 amide bonds. The molecule has 0 saturated carbocycles. The van der Waals surface area contributed by atoms with Crippen molar-refractivity contribution in [2.75, 3.05) is 13.2 Å². The van der Waals surface area contributed by atoms with Crippen LogP contribution in [0.25, 0.3) is 0 Å². The Morgan fingerprint density at radius 1 is 1.56 bits per heavy atom. The molecule has 0 spiro atoms. The van der Waals surface area contributed by atoms with Crippen molar-refractivity contribution in [1.29, 1.82) is 5.26 Å². The maximum Gasteiger partial charge on any atom is 0.253 e. The molecule has 16 heavy (non-hydrogen) atoms. The number of hydrogen-bond donors (Lipinski definition) is 0. The number of unbranched alkanes of at least 4 members (excludes halogenated alkanes) is 1. The van der Waals surface area contributed by atoms with E-state index in [1.165, 1.54) is 5.82 Å². The molecule has 0 fully saturated rings. The summed E-state index contributed by atoms with van der Waals surface area (Å²) < 4.78 is 9.69. The van der Waals surface area contributed by atoms with Crippen LogP contribution in [0.15, 0.2) is 12.4 Å².